The Morgan fingerprint density at radius 2 is 2.08 bits per heavy atom. The van der Waals surface area contributed by atoms with Crippen molar-refractivity contribution in [3.05, 3.63) is 33.9 Å². The Morgan fingerprint density at radius 1 is 1.38 bits per heavy atom. The topological polar surface area (TPSA) is 134 Å². The van der Waals surface area contributed by atoms with E-state index in [2.05, 4.69) is 20.3 Å². The minimum absolute atomic E-state index is 0.0230. The van der Waals surface area contributed by atoms with Gasteiger partial charge in [-0.05, 0) is 6.92 Å². The summed E-state index contributed by atoms with van der Waals surface area (Å²) in [6.07, 6.45) is 2.51. The van der Waals surface area contributed by atoms with Crippen molar-refractivity contribution in [3.8, 4) is 0 Å². The van der Waals surface area contributed by atoms with Gasteiger partial charge in [-0.1, -0.05) is 0 Å². The molecule has 2 aromatic heterocycles. The molecule has 0 aliphatic heterocycles. The molecular weight excluding hydrogens is 320 g/mol. The standard InChI is InChI=1S/C13H16N6O5/c1-8-10(19(22)23)7-15-18(8)5-4-11(20)16-9-6-14-17(2)12(9)13(21)24-3/h6-7H,4-5H2,1-3H3,(H,16,20). The molecule has 2 aromatic rings. The predicted octanol–water partition coefficient (Wildman–Crippen LogP) is 0.649. The zero-order valence-electron chi connectivity index (χ0n) is 13.3. The van der Waals surface area contributed by atoms with Crippen LogP contribution in [-0.4, -0.2) is 43.5 Å². The van der Waals surface area contributed by atoms with Gasteiger partial charge in [0.1, 0.15) is 11.9 Å². The average molecular weight is 336 g/mol. The number of aromatic nitrogens is 4. The van der Waals surface area contributed by atoms with Crippen molar-refractivity contribution in [1.29, 1.82) is 0 Å². The van der Waals surface area contributed by atoms with Crippen LogP contribution in [0.2, 0.25) is 0 Å². The summed E-state index contributed by atoms with van der Waals surface area (Å²) in [7, 11) is 2.78. The SMILES string of the molecule is COC(=O)c1c(NC(=O)CCn2ncc([N+](=O)[O-])c2C)cnn1C. The number of rotatable bonds is 6. The summed E-state index contributed by atoms with van der Waals surface area (Å²) in [5, 5.41) is 21.1. The number of carbonyl (C=O) groups is 2. The molecule has 0 saturated carbocycles. The van der Waals surface area contributed by atoms with Crippen LogP contribution in [0.5, 0.6) is 0 Å². The number of carbonyl (C=O) groups excluding carboxylic acids is 2. The van der Waals surface area contributed by atoms with E-state index in [0.717, 1.165) is 6.20 Å². The zero-order valence-corrected chi connectivity index (χ0v) is 13.3. The summed E-state index contributed by atoms with van der Waals surface area (Å²) in [6.45, 7) is 1.72. The molecule has 11 nitrogen and oxygen atoms in total. The second-order valence-electron chi connectivity index (χ2n) is 4.92. The molecule has 0 fully saturated rings. The smallest absolute Gasteiger partial charge is 0.358 e. The molecule has 0 saturated heterocycles. The van der Waals surface area contributed by atoms with E-state index in [4.69, 9.17) is 0 Å². The van der Waals surface area contributed by atoms with E-state index in [1.54, 1.807) is 14.0 Å². The Morgan fingerprint density at radius 3 is 2.67 bits per heavy atom. The molecule has 128 valence electrons. The Bertz CT molecular complexity index is 793. The van der Waals surface area contributed by atoms with Crippen LogP contribution in [0.4, 0.5) is 11.4 Å². The highest BCUT2D eigenvalue weighted by Crippen LogP contribution is 2.17. The summed E-state index contributed by atoms with van der Waals surface area (Å²) in [5.74, 6) is -1.01. The van der Waals surface area contributed by atoms with Gasteiger partial charge in [0.05, 0.1) is 30.5 Å². The molecule has 2 rings (SSSR count). The van der Waals surface area contributed by atoms with E-state index in [1.807, 2.05) is 0 Å². The van der Waals surface area contributed by atoms with Gasteiger partial charge in [-0.25, -0.2) is 4.79 Å². The van der Waals surface area contributed by atoms with Gasteiger partial charge in [-0.2, -0.15) is 10.2 Å². The van der Waals surface area contributed by atoms with Crippen LogP contribution in [0.25, 0.3) is 0 Å². The lowest BCUT2D eigenvalue weighted by Gasteiger charge is -2.07. The first-order chi connectivity index (χ1) is 11.3. The van der Waals surface area contributed by atoms with E-state index in [0.29, 0.717) is 5.69 Å². The third-order valence-electron chi connectivity index (χ3n) is 3.42. The first kappa shape index (κ1) is 17.1. The Kier molecular flexibility index (Phi) is 4.92. The van der Waals surface area contributed by atoms with Gasteiger partial charge in [0, 0.05) is 13.5 Å². The number of nitro groups is 1. The second-order valence-corrected chi connectivity index (χ2v) is 4.92. The normalized spacial score (nSPS) is 10.5. The van der Waals surface area contributed by atoms with E-state index < -0.39 is 10.9 Å². The Balaban J connectivity index is 2.02. The Hall–Kier alpha value is -3.24. The Labute approximate surface area is 136 Å². The van der Waals surface area contributed by atoms with Crippen molar-refractivity contribution < 1.29 is 19.2 Å². The largest absolute Gasteiger partial charge is 0.464 e. The molecule has 11 heteroatoms. The first-order valence-electron chi connectivity index (χ1n) is 6.92. The number of methoxy groups -OCH3 is 1. The summed E-state index contributed by atoms with van der Waals surface area (Å²) >= 11 is 0. The van der Waals surface area contributed by atoms with Crippen LogP contribution < -0.4 is 5.32 Å². The van der Waals surface area contributed by atoms with E-state index in [-0.39, 0.29) is 35.9 Å². The van der Waals surface area contributed by atoms with Gasteiger partial charge >= 0.3 is 11.7 Å². The minimum Gasteiger partial charge on any atom is -0.464 e. The van der Waals surface area contributed by atoms with Crippen LogP contribution in [-0.2, 0) is 23.1 Å². The molecule has 0 aliphatic rings. The maximum Gasteiger partial charge on any atom is 0.358 e. The highest BCUT2D eigenvalue weighted by atomic mass is 16.6. The molecule has 24 heavy (non-hydrogen) atoms. The summed E-state index contributed by atoms with van der Waals surface area (Å²) in [4.78, 5) is 33.9. The number of nitrogens with one attached hydrogen (secondary N) is 1. The predicted molar refractivity (Wildman–Crippen MR) is 81.4 cm³/mol. The van der Waals surface area contributed by atoms with Crippen molar-refractivity contribution in [2.75, 3.05) is 12.4 Å². The molecule has 0 spiro atoms. The average Bonchev–Trinajstić information content (AvgIpc) is 3.08. The number of anilines is 1. The van der Waals surface area contributed by atoms with Crippen LogP contribution in [0.15, 0.2) is 12.4 Å². The molecule has 0 aromatic carbocycles. The van der Waals surface area contributed by atoms with Crippen molar-refractivity contribution in [2.45, 2.75) is 19.9 Å². The summed E-state index contributed by atoms with van der Waals surface area (Å²) < 4.78 is 7.31. The lowest BCUT2D eigenvalue weighted by Crippen LogP contribution is -2.18. The number of nitrogens with zero attached hydrogens (tertiary/aromatic N) is 5. The lowest BCUT2D eigenvalue weighted by atomic mass is 10.3. The van der Waals surface area contributed by atoms with Crippen LogP contribution >= 0.6 is 0 Å². The first-order valence-corrected chi connectivity index (χ1v) is 6.92. The molecule has 0 unspecified atom stereocenters. The van der Waals surface area contributed by atoms with Gasteiger partial charge in [0.25, 0.3) is 0 Å². The number of hydrogen-bond donors (Lipinski definition) is 1. The number of hydrogen-bond acceptors (Lipinski definition) is 7. The van der Waals surface area contributed by atoms with Crippen LogP contribution in [0, 0.1) is 17.0 Å². The third-order valence-corrected chi connectivity index (χ3v) is 3.42. The molecule has 0 bridgehead atoms. The maximum absolute atomic E-state index is 12.0. The highest BCUT2D eigenvalue weighted by Gasteiger charge is 2.20. The van der Waals surface area contributed by atoms with Gasteiger partial charge in [-0.3, -0.25) is 24.3 Å². The van der Waals surface area contributed by atoms with Gasteiger partial charge in [-0.15, -0.1) is 0 Å². The molecule has 0 radical (unpaired) electrons. The lowest BCUT2D eigenvalue weighted by molar-refractivity contribution is -0.385. The van der Waals surface area contributed by atoms with Crippen molar-refractivity contribution in [1.82, 2.24) is 19.6 Å². The number of esters is 1. The van der Waals surface area contributed by atoms with E-state index >= 15 is 0 Å². The van der Waals surface area contributed by atoms with Crippen molar-refractivity contribution >= 4 is 23.3 Å². The number of amides is 1. The number of ether oxygens (including phenoxy) is 1. The quantitative estimate of drug-likeness (QED) is 0.465. The fourth-order valence-corrected chi connectivity index (χ4v) is 2.13. The molecule has 0 aliphatic carbocycles. The third kappa shape index (κ3) is 3.39. The van der Waals surface area contributed by atoms with Crippen LogP contribution in [0.1, 0.15) is 22.6 Å². The molecule has 1 N–H and O–H groups in total. The highest BCUT2D eigenvalue weighted by molar-refractivity contribution is 5.99. The second kappa shape index (κ2) is 6.89. The van der Waals surface area contributed by atoms with Crippen molar-refractivity contribution in [3.63, 3.8) is 0 Å². The fourth-order valence-electron chi connectivity index (χ4n) is 2.13. The van der Waals surface area contributed by atoms with E-state index in [9.17, 15) is 19.7 Å². The molecule has 1 amide bonds. The van der Waals surface area contributed by atoms with E-state index in [1.165, 1.54) is 22.7 Å². The fraction of sp³-hybridized carbons (Fsp3) is 0.385. The van der Waals surface area contributed by atoms with Gasteiger partial charge < -0.3 is 10.1 Å². The monoisotopic (exact) mass is 336 g/mol. The van der Waals surface area contributed by atoms with Gasteiger partial charge in [0.2, 0.25) is 5.91 Å². The number of aryl methyl sites for hydroxylation is 2. The maximum atomic E-state index is 12.0. The van der Waals surface area contributed by atoms with Gasteiger partial charge in [0.15, 0.2) is 5.69 Å². The minimum atomic E-state index is -0.621. The molecule has 0 atom stereocenters. The summed E-state index contributed by atoms with van der Waals surface area (Å²) in [6, 6.07) is 0. The zero-order chi connectivity index (χ0) is 17.9. The molecule has 2 heterocycles. The van der Waals surface area contributed by atoms with Crippen LogP contribution in [0.3, 0.4) is 0 Å². The summed E-state index contributed by atoms with van der Waals surface area (Å²) in [5.41, 5.74) is 0.620. The molecular formula is C13H16N6O5. The van der Waals surface area contributed by atoms with Crippen molar-refractivity contribution in [2.24, 2.45) is 7.05 Å².